The number of rotatable bonds is 2. The first kappa shape index (κ1) is 12.0. The molecule has 0 saturated carbocycles. The Morgan fingerprint density at radius 3 is 2.94 bits per heavy atom. The van der Waals surface area contributed by atoms with Crippen molar-refractivity contribution in [3.63, 3.8) is 0 Å². The van der Waals surface area contributed by atoms with Crippen molar-refractivity contribution in [1.29, 1.82) is 0 Å². The Kier molecular flexibility index (Phi) is 3.04. The van der Waals surface area contributed by atoms with E-state index < -0.39 is 0 Å². The highest BCUT2D eigenvalue weighted by Crippen LogP contribution is 2.31. The maximum atomic E-state index is 6.22. The van der Waals surface area contributed by atoms with E-state index in [1.807, 2.05) is 11.3 Å². The summed E-state index contributed by atoms with van der Waals surface area (Å²) in [6.07, 6.45) is 3.54. The van der Waals surface area contributed by atoms with Crippen LogP contribution in [0.5, 0.6) is 0 Å². The Hall–Kier alpha value is -1.06. The molecule has 1 atom stereocenters. The summed E-state index contributed by atoms with van der Waals surface area (Å²) in [5.74, 6) is 0. The number of thiophene rings is 1. The van der Waals surface area contributed by atoms with Crippen LogP contribution in [-0.4, -0.2) is 4.57 Å². The lowest BCUT2D eigenvalue weighted by atomic mass is 9.93. The van der Waals surface area contributed by atoms with Gasteiger partial charge in [0, 0.05) is 27.2 Å². The summed E-state index contributed by atoms with van der Waals surface area (Å²) < 4.78 is 2.46. The minimum absolute atomic E-state index is 0.249. The monoisotopic (exact) mass is 260 g/mol. The number of nitrogens with zero attached hydrogens (tertiary/aromatic N) is 1. The molecular weight excluding hydrogens is 240 g/mol. The van der Waals surface area contributed by atoms with Crippen LogP contribution in [-0.2, 0) is 13.0 Å². The standard InChI is InChI=1S/C15H20N2S/c1-10-8-13-14(16)4-3-5-15(13)17(10)9-12-7-6-11(2)18-12/h6-8,14H,3-5,9,16H2,1-2H3. The molecule has 1 unspecified atom stereocenters. The summed E-state index contributed by atoms with van der Waals surface area (Å²) in [5.41, 5.74) is 10.4. The van der Waals surface area contributed by atoms with E-state index >= 15 is 0 Å². The van der Waals surface area contributed by atoms with Crippen LogP contribution >= 0.6 is 11.3 Å². The van der Waals surface area contributed by atoms with E-state index in [4.69, 9.17) is 5.73 Å². The Labute approximate surface area is 112 Å². The van der Waals surface area contributed by atoms with E-state index in [1.165, 1.54) is 39.5 Å². The second-order valence-corrected chi connectivity index (χ2v) is 6.66. The van der Waals surface area contributed by atoms with Crippen LogP contribution < -0.4 is 5.73 Å². The first-order valence-corrected chi connectivity index (χ1v) is 7.46. The summed E-state index contributed by atoms with van der Waals surface area (Å²) in [5, 5.41) is 0. The van der Waals surface area contributed by atoms with Crippen LogP contribution in [0.15, 0.2) is 18.2 Å². The smallest absolute Gasteiger partial charge is 0.0568 e. The zero-order chi connectivity index (χ0) is 12.7. The van der Waals surface area contributed by atoms with E-state index in [0.29, 0.717) is 0 Å². The number of hydrogen-bond donors (Lipinski definition) is 1. The van der Waals surface area contributed by atoms with Crippen molar-refractivity contribution in [1.82, 2.24) is 4.57 Å². The lowest BCUT2D eigenvalue weighted by molar-refractivity contribution is 0.547. The molecule has 1 aliphatic rings. The van der Waals surface area contributed by atoms with Crippen molar-refractivity contribution >= 4 is 11.3 Å². The predicted molar refractivity (Wildman–Crippen MR) is 77.2 cm³/mol. The fraction of sp³-hybridized carbons (Fsp3) is 0.467. The number of nitrogens with two attached hydrogens (primary N) is 1. The molecule has 96 valence electrons. The molecule has 2 N–H and O–H groups in total. The van der Waals surface area contributed by atoms with Gasteiger partial charge in [-0.2, -0.15) is 0 Å². The maximum Gasteiger partial charge on any atom is 0.0568 e. The van der Waals surface area contributed by atoms with Crippen molar-refractivity contribution in [2.24, 2.45) is 5.73 Å². The third kappa shape index (κ3) is 2.02. The minimum atomic E-state index is 0.249. The first-order chi connectivity index (χ1) is 8.65. The van der Waals surface area contributed by atoms with E-state index in [1.54, 1.807) is 0 Å². The Morgan fingerprint density at radius 1 is 1.39 bits per heavy atom. The first-order valence-electron chi connectivity index (χ1n) is 6.65. The highest BCUT2D eigenvalue weighted by atomic mass is 32.1. The molecule has 18 heavy (non-hydrogen) atoms. The van der Waals surface area contributed by atoms with Crippen molar-refractivity contribution < 1.29 is 0 Å². The molecule has 0 spiro atoms. The zero-order valence-electron chi connectivity index (χ0n) is 11.1. The molecule has 0 aromatic carbocycles. The Bertz CT molecular complexity index is 565. The lowest BCUT2D eigenvalue weighted by Gasteiger charge is -2.21. The quantitative estimate of drug-likeness (QED) is 0.879. The molecule has 2 aromatic heterocycles. The van der Waals surface area contributed by atoms with Crippen molar-refractivity contribution in [3.8, 4) is 0 Å². The SMILES string of the molecule is Cc1ccc(Cn2c(C)cc3c2CCCC3N)s1. The summed E-state index contributed by atoms with van der Waals surface area (Å²) in [6.45, 7) is 5.37. The van der Waals surface area contributed by atoms with Gasteiger partial charge in [-0.05, 0) is 56.9 Å². The molecule has 2 heterocycles. The molecule has 1 aliphatic carbocycles. The van der Waals surface area contributed by atoms with E-state index in [-0.39, 0.29) is 6.04 Å². The average molecular weight is 260 g/mol. The molecule has 2 aromatic rings. The van der Waals surface area contributed by atoms with Gasteiger partial charge in [-0.15, -0.1) is 11.3 Å². The predicted octanol–water partition coefficient (Wildman–Crippen LogP) is 3.55. The number of hydrogen-bond acceptors (Lipinski definition) is 2. The number of fused-ring (bicyclic) bond motifs is 1. The number of aryl methyl sites for hydroxylation is 2. The third-order valence-electron chi connectivity index (χ3n) is 3.89. The summed E-state index contributed by atoms with van der Waals surface area (Å²) in [4.78, 5) is 2.83. The average Bonchev–Trinajstić information content (AvgIpc) is 2.87. The molecule has 0 amide bonds. The molecule has 3 rings (SSSR count). The van der Waals surface area contributed by atoms with Crippen LogP contribution in [0.2, 0.25) is 0 Å². The van der Waals surface area contributed by atoms with Gasteiger partial charge in [-0.25, -0.2) is 0 Å². The Morgan fingerprint density at radius 2 is 2.22 bits per heavy atom. The second-order valence-electron chi connectivity index (χ2n) is 5.28. The summed E-state index contributed by atoms with van der Waals surface area (Å²) >= 11 is 1.89. The zero-order valence-corrected chi connectivity index (χ0v) is 11.9. The van der Waals surface area contributed by atoms with Crippen LogP contribution in [0, 0.1) is 13.8 Å². The van der Waals surface area contributed by atoms with Crippen LogP contribution in [0.3, 0.4) is 0 Å². The summed E-state index contributed by atoms with van der Waals surface area (Å²) in [6, 6.07) is 6.99. The fourth-order valence-corrected chi connectivity index (χ4v) is 3.83. The molecule has 2 nitrogen and oxygen atoms in total. The van der Waals surface area contributed by atoms with Gasteiger partial charge in [0.05, 0.1) is 6.54 Å². The topological polar surface area (TPSA) is 30.9 Å². The lowest BCUT2D eigenvalue weighted by Crippen LogP contribution is -2.18. The molecule has 0 aliphatic heterocycles. The fourth-order valence-electron chi connectivity index (χ4n) is 2.95. The van der Waals surface area contributed by atoms with Crippen LogP contribution in [0.1, 0.15) is 45.6 Å². The molecular formula is C15H20N2S. The van der Waals surface area contributed by atoms with Gasteiger partial charge >= 0.3 is 0 Å². The third-order valence-corrected chi connectivity index (χ3v) is 4.87. The summed E-state index contributed by atoms with van der Waals surface area (Å²) in [7, 11) is 0. The largest absolute Gasteiger partial charge is 0.343 e. The van der Waals surface area contributed by atoms with E-state index in [9.17, 15) is 0 Å². The van der Waals surface area contributed by atoms with Gasteiger partial charge in [0.2, 0.25) is 0 Å². The highest BCUT2D eigenvalue weighted by Gasteiger charge is 2.22. The highest BCUT2D eigenvalue weighted by molar-refractivity contribution is 7.11. The van der Waals surface area contributed by atoms with Crippen molar-refractivity contribution in [2.75, 3.05) is 0 Å². The van der Waals surface area contributed by atoms with Gasteiger partial charge in [0.15, 0.2) is 0 Å². The second kappa shape index (κ2) is 4.56. The number of aromatic nitrogens is 1. The van der Waals surface area contributed by atoms with Gasteiger partial charge in [-0.1, -0.05) is 0 Å². The molecule has 0 fully saturated rings. The van der Waals surface area contributed by atoms with Crippen molar-refractivity contribution in [3.05, 3.63) is 44.9 Å². The van der Waals surface area contributed by atoms with Crippen LogP contribution in [0.4, 0.5) is 0 Å². The normalized spacial score (nSPS) is 18.9. The van der Waals surface area contributed by atoms with Crippen molar-refractivity contribution in [2.45, 2.75) is 45.7 Å². The van der Waals surface area contributed by atoms with Crippen LogP contribution in [0.25, 0.3) is 0 Å². The van der Waals surface area contributed by atoms with E-state index in [2.05, 4.69) is 36.6 Å². The van der Waals surface area contributed by atoms with Gasteiger partial charge < -0.3 is 10.3 Å². The molecule has 3 heteroatoms. The minimum Gasteiger partial charge on any atom is -0.343 e. The molecule has 0 radical (unpaired) electrons. The van der Waals surface area contributed by atoms with Gasteiger partial charge in [0.25, 0.3) is 0 Å². The van der Waals surface area contributed by atoms with Gasteiger partial charge in [-0.3, -0.25) is 0 Å². The molecule has 0 bridgehead atoms. The molecule has 0 saturated heterocycles. The van der Waals surface area contributed by atoms with E-state index in [0.717, 1.165) is 13.0 Å². The van der Waals surface area contributed by atoms with Gasteiger partial charge in [0.1, 0.15) is 0 Å². The Balaban J connectivity index is 1.97. The maximum absolute atomic E-state index is 6.22.